The molecule has 29 heavy (non-hydrogen) atoms. The minimum absolute atomic E-state index is 0.0961. The van der Waals surface area contributed by atoms with E-state index in [1.165, 1.54) is 18.9 Å². The SMILES string of the molecule is CCCC[Si](C)(C)C(CC)O[Si](C)(C)C(C)(CC)O[Si](C)(C)CCCOCCO. The Morgan fingerprint density at radius 3 is 2.00 bits per heavy atom. The van der Waals surface area contributed by atoms with Crippen LogP contribution < -0.4 is 0 Å². The summed E-state index contributed by atoms with van der Waals surface area (Å²) in [5.74, 6) is 0. The summed E-state index contributed by atoms with van der Waals surface area (Å²) in [5, 5.41) is 8.68. The second kappa shape index (κ2) is 13.1. The molecule has 0 saturated heterocycles. The molecule has 0 aliphatic rings. The highest BCUT2D eigenvalue weighted by Gasteiger charge is 2.50. The molecule has 0 bridgehead atoms. The Labute approximate surface area is 185 Å². The smallest absolute Gasteiger partial charge is 0.216 e. The number of aliphatic hydroxyl groups excluding tert-OH is 1. The molecule has 0 amide bonds. The highest BCUT2D eigenvalue weighted by molar-refractivity contribution is 6.81. The van der Waals surface area contributed by atoms with Crippen LogP contribution in [0, 0.1) is 0 Å². The molecule has 0 aromatic carbocycles. The summed E-state index contributed by atoms with van der Waals surface area (Å²) in [6, 6.07) is 2.43. The van der Waals surface area contributed by atoms with Crippen LogP contribution in [0.15, 0.2) is 0 Å². The Morgan fingerprint density at radius 2 is 1.52 bits per heavy atom. The lowest BCUT2D eigenvalue weighted by molar-refractivity contribution is 0.0884. The molecular formula is C22H52O4Si3. The number of unbranched alkanes of at least 4 members (excludes halogenated alkanes) is 1. The first-order chi connectivity index (χ1) is 13.3. The van der Waals surface area contributed by atoms with Gasteiger partial charge in [-0.05, 0) is 58.4 Å². The van der Waals surface area contributed by atoms with Gasteiger partial charge in [0.05, 0.1) is 26.5 Å². The summed E-state index contributed by atoms with van der Waals surface area (Å²) in [5.41, 5.74) is 0.418. The van der Waals surface area contributed by atoms with Gasteiger partial charge in [0.1, 0.15) is 0 Å². The standard InChI is InChI=1S/C22H52O4Si3/c1-11-14-19-27(5,6)21(12-2)25-29(9,10)22(4,13-3)26-28(7,8)20-15-17-24-18-16-23/h21,23H,11-20H2,1-10H3. The van der Waals surface area contributed by atoms with Crippen LogP contribution in [0.5, 0.6) is 0 Å². The van der Waals surface area contributed by atoms with Crippen molar-refractivity contribution < 1.29 is 18.7 Å². The van der Waals surface area contributed by atoms with Crippen LogP contribution >= 0.6 is 0 Å². The average Bonchev–Trinajstić information content (AvgIpc) is 2.63. The van der Waals surface area contributed by atoms with E-state index < -0.39 is 24.7 Å². The van der Waals surface area contributed by atoms with Crippen LogP contribution in [0.3, 0.4) is 0 Å². The van der Waals surface area contributed by atoms with Crippen molar-refractivity contribution >= 4 is 24.7 Å². The normalized spacial score (nSPS) is 16.7. The van der Waals surface area contributed by atoms with E-state index in [9.17, 15) is 0 Å². The summed E-state index contributed by atoms with van der Waals surface area (Å²) >= 11 is 0. The fourth-order valence-electron chi connectivity index (χ4n) is 4.12. The predicted molar refractivity (Wildman–Crippen MR) is 134 cm³/mol. The maximum atomic E-state index is 8.85. The molecule has 0 aliphatic carbocycles. The molecule has 0 heterocycles. The van der Waals surface area contributed by atoms with Crippen LogP contribution in [0.25, 0.3) is 0 Å². The summed E-state index contributed by atoms with van der Waals surface area (Å²) < 4.78 is 19.5. The Hall–Kier alpha value is 0.491. The fraction of sp³-hybridized carbons (Fsp3) is 1.00. The van der Waals surface area contributed by atoms with E-state index in [1.807, 2.05) is 0 Å². The Bertz CT molecular complexity index is 444. The van der Waals surface area contributed by atoms with Crippen LogP contribution in [0.2, 0.25) is 51.4 Å². The molecule has 0 saturated carbocycles. The van der Waals surface area contributed by atoms with Crippen molar-refractivity contribution in [1.29, 1.82) is 0 Å². The second-order valence-electron chi connectivity index (χ2n) is 10.5. The van der Waals surface area contributed by atoms with E-state index in [-0.39, 0.29) is 11.8 Å². The van der Waals surface area contributed by atoms with Gasteiger partial charge in [-0.1, -0.05) is 52.8 Å². The summed E-state index contributed by atoms with van der Waals surface area (Å²) in [6.07, 6.45) is 5.70. The quantitative estimate of drug-likeness (QED) is 0.201. The van der Waals surface area contributed by atoms with Gasteiger partial charge in [0.2, 0.25) is 8.32 Å². The number of hydrogen-bond acceptors (Lipinski definition) is 4. The van der Waals surface area contributed by atoms with E-state index in [0.29, 0.717) is 18.9 Å². The highest BCUT2D eigenvalue weighted by atomic mass is 28.4. The van der Waals surface area contributed by atoms with Crippen molar-refractivity contribution in [2.75, 3.05) is 19.8 Å². The maximum Gasteiger partial charge on any atom is 0.216 e. The molecular weight excluding hydrogens is 412 g/mol. The molecule has 4 nitrogen and oxygen atoms in total. The number of hydrogen-bond donors (Lipinski definition) is 1. The van der Waals surface area contributed by atoms with Crippen LogP contribution in [-0.2, 0) is 13.6 Å². The topological polar surface area (TPSA) is 47.9 Å². The predicted octanol–water partition coefficient (Wildman–Crippen LogP) is 6.36. The minimum atomic E-state index is -2.08. The highest BCUT2D eigenvalue weighted by Crippen LogP contribution is 2.36. The first kappa shape index (κ1) is 29.5. The third kappa shape index (κ3) is 10.1. The van der Waals surface area contributed by atoms with Gasteiger partial charge in [0.15, 0.2) is 8.32 Å². The molecule has 176 valence electrons. The van der Waals surface area contributed by atoms with Gasteiger partial charge in [-0.15, -0.1) is 0 Å². The van der Waals surface area contributed by atoms with Crippen LogP contribution in [0.1, 0.15) is 59.8 Å². The molecule has 0 aliphatic heterocycles. The zero-order chi connectivity index (χ0) is 22.8. The molecule has 0 rings (SSSR count). The van der Waals surface area contributed by atoms with Crippen molar-refractivity contribution in [3.05, 3.63) is 0 Å². The average molecular weight is 465 g/mol. The van der Waals surface area contributed by atoms with Crippen molar-refractivity contribution in [2.24, 2.45) is 0 Å². The lowest BCUT2D eigenvalue weighted by atomic mass is 10.3. The van der Waals surface area contributed by atoms with Crippen LogP contribution in [-0.4, -0.2) is 60.6 Å². The summed E-state index contributed by atoms with van der Waals surface area (Å²) in [4.78, 5) is 0. The first-order valence-corrected chi connectivity index (χ1v) is 21.2. The van der Waals surface area contributed by atoms with Crippen molar-refractivity contribution in [1.82, 2.24) is 0 Å². The maximum absolute atomic E-state index is 8.85. The van der Waals surface area contributed by atoms with Gasteiger partial charge >= 0.3 is 0 Å². The molecule has 0 spiro atoms. The minimum Gasteiger partial charge on any atom is -0.415 e. The van der Waals surface area contributed by atoms with Crippen molar-refractivity contribution in [2.45, 2.75) is 122 Å². The van der Waals surface area contributed by atoms with Gasteiger partial charge in [0.25, 0.3) is 0 Å². The number of aliphatic hydroxyl groups is 1. The van der Waals surface area contributed by atoms with E-state index in [2.05, 4.69) is 67.0 Å². The molecule has 7 heteroatoms. The van der Waals surface area contributed by atoms with Gasteiger partial charge in [-0.3, -0.25) is 0 Å². The zero-order valence-electron chi connectivity index (χ0n) is 21.3. The number of rotatable bonds is 17. The molecule has 0 aromatic rings. The van der Waals surface area contributed by atoms with Gasteiger partial charge in [0, 0.05) is 12.3 Å². The van der Waals surface area contributed by atoms with Gasteiger partial charge in [-0.25, -0.2) is 0 Å². The van der Waals surface area contributed by atoms with E-state index in [0.717, 1.165) is 25.3 Å². The van der Waals surface area contributed by atoms with E-state index in [1.54, 1.807) is 0 Å². The third-order valence-electron chi connectivity index (χ3n) is 6.61. The Kier molecular flexibility index (Phi) is 13.4. The molecule has 0 radical (unpaired) electrons. The largest absolute Gasteiger partial charge is 0.415 e. The van der Waals surface area contributed by atoms with E-state index in [4.69, 9.17) is 18.7 Å². The molecule has 1 N–H and O–H groups in total. The molecule has 2 unspecified atom stereocenters. The van der Waals surface area contributed by atoms with Gasteiger partial charge in [-0.2, -0.15) is 0 Å². The van der Waals surface area contributed by atoms with E-state index >= 15 is 0 Å². The zero-order valence-corrected chi connectivity index (χ0v) is 24.3. The summed E-state index contributed by atoms with van der Waals surface area (Å²) in [6.45, 7) is 24.8. The number of ether oxygens (including phenoxy) is 1. The molecule has 0 fully saturated rings. The lowest BCUT2D eigenvalue weighted by Crippen LogP contribution is -2.63. The lowest BCUT2D eigenvalue weighted by Gasteiger charge is -2.49. The summed E-state index contributed by atoms with van der Waals surface area (Å²) in [7, 11) is -5.33. The second-order valence-corrected chi connectivity index (χ2v) is 24.2. The van der Waals surface area contributed by atoms with Crippen molar-refractivity contribution in [3.63, 3.8) is 0 Å². The molecule has 2 atom stereocenters. The Balaban J connectivity index is 5.19. The third-order valence-corrected chi connectivity index (χ3v) is 17.4. The Morgan fingerprint density at radius 1 is 0.897 bits per heavy atom. The monoisotopic (exact) mass is 464 g/mol. The fourth-order valence-corrected chi connectivity index (χ4v) is 15.2. The van der Waals surface area contributed by atoms with Crippen LogP contribution in [0.4, 0.5) is 0 Å². The van der Waals surface area contributed by atoms with Crippen molar-refractivity contribution in [3.8, 4) is 0 Å². The van der Waals surface area contributed by atoms with Gasteiger partial charge < -0.3 is 18.7 Å². The molecule has 0 aromatic heterocycles. The first-order valence-electron chi connectivity index (χ1n) is 11.9.